The Labute approximate surface area is 208 Å². The van der Waals surface area contributed by atoms with Crippen LogP contribution in [-0.2, 0) is 14.9 Å². The summed E-state index contributed by atoms with van der Waals surface area (Å²) in [5, 5.41) is 3.31. The Hall–Kier alpha value is -3.65. The number of thiazole rings is 1. The maximum absolute atomic E-state index is 12.9. The molecule has 182 valence electrons. The maximum atomic E-state index is 12.9. The first-order chi connectivity index (χ1) is 16.6. The van der Waals surface area contributed by atoms with Gasteiger partial charge in [-0.25, -0.2) is 9.78 Å². The van der Waals surface area contributed by atoms with E-state index in [9.17, 15) is 9.59 Å². The van der Waals surface area contributed by atoms with E-state index in [1.165, 1.54) is 18.4 Å². The van der Waals surface area contributed by atoms with Gasteiger partial charge in [0, 0.05) is 0 Å². The number of ether oxygens (including phenoxy) is 2. The number of methoxy groups -OCH3 is 1. The van der Waals surface area contributed by atoms with Gasteiger partial charge in [-0.15, -0.1) is 11.3 Å². The second-order valence-electron chi connectivity index (χ2n) is 9.30. The highest BCUT2D eigenvalue weighted by Crippen LogP contribution is 2.40. The van der Waals surface area contributed by atoms with Crippen molar-refractivity contribution < 1.29 is 23.5 Å². The lowest BCUT2D eigenvalue weighted by atomic mass is 9.85. The molecule has 2 aromatic heterocycles. The topological polar surface area (TPSA) is 90.7 Å². The SMILES string of the molecule is COC(=O)c1c(C)oc(NC(=O)COc2ccc(C)cc2C(C)(C)C)c1-c1nc2ccccc2s1. The van der Waals surface area contributed by atoms with Gasteiger partial charge in [0.1, 0.15) is 22.1 Å². The highest BCUT2D eigenvalue weighted by Gasteiger charge is 2.29. The number of hydrogen-bond acceptors (Lipinski definition) is 7. The average molecular weight is 493 g/mol. The zero-order chi connectivity index (χ0) is 25.3. The van der Waals surface area contributed by atoms with Crippen molar-refractivity contribution in [2.24, 2.45) is 0 Å². The fraction of sp³-hybridized carbons (Fsp3) is 0.296. The lowest BCUT2D eigenvalue weighted by Gasteiger charge is -2.23. The Kier molecular flexibility index (Phi) is 6.67. The molecule has 0 aliphatic carbocycles. The number of hydrogen-bond donors (Lipinski definition) is 1. The van der Waals surface area contributed by atoms with Gasteiger partial charge in [-0.1, -0.05) is 50.6 Å². The first-order valence-electron chi connectivity index (χ1n) is 11.2. The van der Waals surface area contributed by atoms with Crippen LogP contribution < -0.4 is 10.1 Å². The van der Waals surface area contributed by atoms with E-state index in [1.54, 1.807) is 6.92 Å². The van der Waals surface area contributed by atoms with E-state index < -0.39 is 11.9 Å². The van der Waals surface area contributed by atoms with Gasteiger partial charge >= 0.3 is 5.97 Å². The standard InChI is InChI=1S/C27H28N2O5S/c1-15-11-12-19(17(13-15)27(3,4)5)33-14-21(30)29-24-23(22(16(2)34-24)26(31)32-6)25-28-18-9-7-8-10-20(18)35-25/h7-13H,14H2,1-6H3,(H,29,30). The van der Waals surface area contributed by atoms with E-state index in [1.807, 2.05) is 43.3 Å². The quantitative estimate of drug-likeness (QED) is 0.319. The van der Waals surface area contributed by atoms with Crippen LogP contribution in [0.3, 0.4) is 0 Å². The first kappa shape index (κ1) is 24.5. The third-order valence-electron chi connectivity index (χ3n) is 5.54. The van der Waals surface area contributed by atoms with Crippen molar-refractivity contribution in [1.29, 1.82) is 0 Å². The Morgan fingerprint density at radius 1 is 1.11 bits per heavy atom. The van der Waals surface area contributed by atoms with Gasteiger partial charge in [-0.2, -0.15) is 0 Å². The van der Waals surface area contributed by atoms with Crippen LogP contribution in [0.5, 0.6) is 5.75 Å². The summed E-state index contributed by atoms with van der Waals surface area (Å²) in [6.45, 7) is 9.74. The largest absolute Gasteiger partial charge is 0.483 e. The van der Waals surface area contributed by atoms with Crippen LogP contribution in [0.15, 0.2) is 46.9 Å². The molecule has 0 radical (unpaired) electrons. The van der Waals surface area contributed by atoms with Crippen LogP contribution in [0.25, 0.3) is 20.8 Å². The molecule has 0 atom stereocenters. The molecule has 35 heavy (non-hydrogen) atoms. The third kappa shape index (κ3) is 5.07. The Morgan fingerprint density at radius 2 is 1.86 bits per heavy atom. The lowest BCUT2D eigenvalue weighted by Crippen LogP contribution is -2.22. The molecule has 7 nitrogen and oxygen atoms in total. The minimum atomic E-state index is -0.563. The maximum Gasteiger partial charge on any atom is 0.342 e. The number of aromatic nitrogens is 1. The summed E-state index contributed by atoms with van der Waals surface area (Å²) < 4.78 is 17.6. The Morgan fingerprint density at radius 3 is 2.54 bits per heavy atom. The monoisotopic (exact) mass is 492 g/mol. The zero-order valence-electron chi connectivity index (χ0n) is 20.6. The lowest BCUT2D eigenvalue weighted by molar-refractivity contribution is -0.118. The summed E-state index contributed by atoms with van der Waals surface area (Å²) in [5.41, 5.74) is 3.41. The van der Waals surface area contributed by atoms with E-state index in [4.69, 9.17) is 13.9 Å². The minimum Gasteiger partial charge on any atom is -0.483 e. The van der Waals surface area contributed by atoms with Crippen molar-refractivity contribution >= 4 is 39.3 Å². The summed E-state index contributed by atoms with van der Waals surface area (Å²) >= 11 is 1.40. The summed E-state index contributed by atoms with van der Waals surface area (Å²) in [6.07, 6.45) is 0. The molecular formula is C27H28N2O5S. The fourth-order valence-corrected chi connectivity index (χ4v) is 4.84. The van der Waals surface area contributed by atoms with Crippen molar-refractivity contribution in [1.82, 2.24) is 4.98 Å². The molecule has 4 rings (SSSR count). The molecule has 4 aromatic rings. The number of benzene rings is 2. The van der Waals surface area contributed by atoms with Crippen LogP contribution in [0, 0.1) is 13.8 Å². The number of fused-ring (bicyclic) bond motifs is 1. The number of carbonyl (C=O) groups excluding carboxylic acids is 2. The van der Waals surface area contributed by atoms with E-state index in [0.717, 1.165) is 21.3 Å². The molecular weight excluding hydrogens is 464 g/mol. The summed E-state index contributed by atoms with van der Waals surface area (Å²) in [6, 6.07) is 13.5. The highest BCUT2D eigenvalue weighted by molar-refractivity contribution is 7.21. The van der Waals surface area contributed by atoms with Crippen LogP contribution in [-0.4, -0.2) is 30.6 Å². The number of aryl methyl sites for hydroxylation is 2. The van der Waals surface area contributed by atoms with Crippen LogP contribution in [0.2, 0.25) is 0 Å². The predicted molar refractivity (Wildman–Crippen MR) is 137 cm³/mol. The molecule has 0 aliphatic rings. The predicted octanol–water partition coefficient (Wildman–Crippen LogP) is 6.27. The Balaban J connectivity index is 1.64. The van der Waals surface area contributed by atoms with Gasteiger partial charge in [0.15, 0.2) is 6.61 Å². The normalized spacial score (nSPS) is 11.5. The molecule has 0 saturated carbocycles. The van der Waals surface area contributed by atoms with E-state index in [2.05, 4.69) is 37.1 Å². The van der Waals surface area contributed by atoms with Crippen molar-refractivity contribution in [3.8, 4) is 16.3 Å². The number of nitrogens with one attached hydrogen (secondary N) is 1. The second kappa shape index (κ2) is 9.54. The molecule has 0 aliphatic heterocycles. The highest BCUT2D eigenvalue weighted by atomic mass is 32.1. The Bertz CT molecular complexity index is 1380. The summed E-state index contributed by atoms with van der Waals surface area (Å²) in [5.74, 6) is 0.131. The van der Waals surface area contributed by atoms with Crippen LogP contribution >= 0.6 is 11.3 Å². The number of para-hydroxylation sites is 1. The fourth-order valence-electron chi connectivity index (χ4n) is 3.83. The summed E-state index contributed by atoms with van der Waals surface area (Å²) in [4.78, 5) is 30.1. The average Bonchev–Trinajstić information content (AvgIpc) is 3.37. The van der Waals surface area contributed by atoms with Gasteiger partial charge < -0.3 is 13.9 Å². The number of carbonyl (C=O) groups is 2. The first-order valence-corrected chi connectivity index (χ1v) is 12.0. The molecule has 0 spiro atoms. The van der Waals surface area contributed by atoms with Crippen LogP contribution in [0.4, 0.5) is 5.88 Å². The van der Waals surface area contributed by atoms with Gasteiger partial charge in [-0.05, 0) is 43.0 Å². The van der Waals surface area contributed by atoms with Gasteiger partial charge in [0.25, 0.3) is 5.91 Å². The number of rotatable bonds is 6. The zero-order valence-corrected chi connectivity index (χ0v) is 21.5. The molecule has 1 amide bonds. The second-order valence-corrected chi connectivity index (χ2v) is 10.3. The van der Waals surface area contributed by atoms with Gasteiger partial charge in [-0.3, -0.25) is 10.1 Å². The van der Waals surface area contributed by atoms with Crippen molar-refractivity contribution in [3.63, 3.8) is 0 Å². The molecule has 8 heteroatoms. The van der Waals surface area contributed by atoms with E-state index in [-0.39, 0.29) is 23.5 Å². The van der Waals surface area contributed by atoms with E-state index >= 15 is 0 Å². The van der Waals surface area contributed by atoms with Gasteiger partial charge in [0.05, 0.1) is 22.9 Å². The van der Waals surface area contributed by atoms with Crippen molar-refractivity contribution in [3.05, 3.63) is 64.9 Å². The smallest absolute Gasteiger partial charge is 0.342 e. The molecule has 0 saturated heterocycles. The number of nitrogens with zero attached hydrogens (tertiary/aromatic N) is 1. The molecule has 0 unspecified atom stereocenters. The van der Waals surface area contributed by atoms with Crippen molar-refractivity contribution in [2.75, 3.05) is 19.0 Å². The molecule has 0 bridgehead atoms. The number of esters is 1. The molecule has 1 N–H and O–H groups in total. The number of anilines is 1. The minimum absolute atomic E-state index is 0.135. The molecule has 2 aromatic carbocycles. The molecule has 0 fully saturated rings. The van der Waals surface area contributed by atoms with E-state index in [0.29, 0.717) is 22.1 Å². The number of furan rings is 1. The third-order valence-corrected chi connectivity index (χ3v) is 6.59. The van der Waals surface area contributed by atoms with Crippen molar-refractivity contribution in [2.45, 2.75) is 40.0 Å². The summed E-state index contributed by atoms with van der Waals surface area (Å²) in [7, 11) is 1.30. The molecule has 2 heterocycles. The van der Waals surface area contributed by atoms with Crippen LogP contribution in [0.1, 0.15) is 48.0 Å². The number of amides is 1. The van der Waals surface area contributed by atoms with Gasteiger partial charge in [0.2, 0.25) is 5.88 Å².